The van der Waals surface area contributed by atoms with Gasteiger partial charge in [0.15, 0.2) is 0 Å². The minimum Gasteiger partial charge on any atom is -0.326 e. The van der Waals surface area contributed by atoms with Gasteiger partial charge in [-0.1, -0.05) is 13.5 Å². The number of hydrogen-bond acceptors (Lipinski definition) is 3. The van der Waals surface area contributed by atoms with Crippen LogP contribution < -0.4 is 16.2 Å². The van der Waals surface area contributed by atoms with E-state index in [2.05, 4.69) is 22.7 Å². The topological polar surface area (TPSA) is 70.2 Å². The fourth-order valence-electron chi connectivity index (χ4n) is 1.70. The number of anilines is 1. The maximum absolute atomic E-state index is 11.9. The second-order valence-corrected chi connectivity index (χ2v) is 4.86. The van der Waals surface area contributed by atoms with E-state index < -0.39 is 0 Å². The first kappa shape index (κ1) is 14.1. The third-order valence-electron chi connectivity index (χ3n) is 3.16. The van der Waals surface area contributed by atoms with E-state index >= 15 is 0 Å². The molecule has 0 atom stereocenters. The van der Waals surface area contributed by atoms with Crippen LogP contribution in [0, 0.1) is 5.92 Å². The summed E-state index contributed by atoms with van der Waals surface area (Å²) in [5.41, 5.74) is 7.51. The highest BCUT2D eigenvalue weighted by Gasteiger charge is 2.24. The molecular weight excluding hydrogens is 254 g/mol. The fourth-order valence-corrected chi connectivity index (χ4v) is 1.70. The number of rotatable bonds is 6. The zero-order valence-electron chi connectivity index (χ0n) is 11.5. The van der Waals surface area contributed by atoms with Crippen LogP contribution in [0.5, 0.6) is 0 Å². The van der Waals surface area contributed by atoms with Gasteiger partial charge in [-0.15, -0.1) is 0 Å². The van der Waals surface area contributed by atoms with Gasteiger partial charge < -0.3 is 10.7 Å². The monoisotopic (exact) mass is 273 g/mol. The molecule has 106 valence electrons. The van der Waals surface area contributed by atoms with Crippen molar-refractivity contribution in [2.24, 2.45) is 5.92 Å². The van der Waals surface area contributed by atoms with E-state index in [0.29, 0.717) is 23.6 Å². The second kappa shape index (κ2) is 6.23. The zero-order valence-corrected chi connectivity index (χ0v) is 11.5. The lowest BCUT2D eigenvalue weighted by atomic mass is 10.2. The van der Waals surface area contributed by atoms with Crippen LogP contribution in [0.15, 0.2) is 36.5 Å². The predicted octanol–water partition coefficient (Wildman–Crippen LogP) is 2.19. The molecule has 0 aliphatic heterocycles. The van der Waals surface area contributed by atoms with Gasteiger partial charge >= 0.3 is 0 Å². The molecule has 1 aliphatic rings. The van der Waals surface area contributed by atoms with Crippen molar-refractivity contribution in [3.05, 3.63) is 42.1 Å². The maximum Gasteiger partial charge on any atom is 0.269 e. The van der Waals surface area contributed by atoms with Crippen molar-refractivity contribution in [2.45, 2.75) is 26.2 Å². The SMILES string of the molecule is C=C(NNC(=O)c1ccc(NC(=O)CC)cc1)C1CC1. The number of carbonyl (C=O) groups excluding carboxylic acids is 2. The molecule has 1 aliphatic carbocycles. The molecule has 5 nitrogen and oxygen atoms in total. The third kappa shape index (κ3) is 3.85. The quantitative estimate of drug-likeness (QED) is 0.696. The minimum atomic E-state index is -0.222. The average Bonchev–Trinajstić information content (AvgIpc) is 3.29. The summed E-state index contributed by atoms with van der Waals surface area (Å²) in [5, 5.41) is 2.73. The Kier molecular flexibility index (Phi) is 4.40. The van der Waals surface area contributed by atoms with Gasteiger partial charge in [-0.2, -0.15) is 0 Å². The largest absolute Gasteiger partial charge is 0.326 e. The van der Waals surface area contributed by atoms with Crippen LogP contribution in [0.1, 0.15) is 36.5 Å². The summed E-state index contributed by atoms with van der Waals surface area (Å²) in [6.45, 7) is 5.65. The number of allylic oxidation sites excluding steroid dienone is 1. The molecule has 0 saturated heterocycles. The van der Waals surface area contributed by atoms with E-state index in [0.717, 1.165) is 18.5 Å². The highest BCUT2D eigenvalue weighted by Crippen LogP contribution is 2.33. The normalized spacial score (nSPS) is 13.4. The van der Waals surface area contributed by atoms with Crippen molar-refractivity contribution in [3.8, 4) is 0 Å². The number of hydrazine groups is 1. The van der Waals surface area contributed by atoms with Crippen LogP contribution in [-0.4, -0.2) is 11.8 Å². The molecule has 2 rings (SSSR count). The van der Waals surface area contributed by atoms with E-state index in [1.807, 2.05) is 0 Å². The first-order chi connectivity index (χ1) is 9.60. The van der Waals surface area contributed by atoms with Crippen molar-refractivity contribution in [1.29, 1.82) is 0 Å². The first-order valence-electron chi connectivity index (χ1n) is 6.75. The van der Waals surface area contributed by atoms with Crippen LogP contribution in [0.25, 0.3) is 0 Å². The van der Waals surface area contributed by atoms with Gasteiger partial charge in [0, 0.05) is 23.4 Å². The van der Waals surface area contributed by atoms with E-state index in [1.165, 1.54) is 0 Å². The van der Waals surface area contributed by atoms with Crippen molar-refractivity contribution in [2.75, 3.05) is 5.32 Å². The highest BCUT2D eigenvalue weighted by molar-refractivity contribution is 5.95. The summed E-state index contributed by atoms with van der Waals surface area (Å²) in [6.07, 6.45) is 2.69. The number of amides is 2. The number of hydrogen-bond donors (Lipinski definition) is 3. The summed E-state index contributed by atoms with van der Waals surface area (Å²) in [6, 6.07) is 6.75. The van der Waals surface area contributed by atoms with E-state index in [1.54, 1.807) is 31.2 Å². The Morgan fingerprint density at radius 3 is 2.40 bits per heavy atom. The Hall–Kier alpha value is -2.30. The van der Waals surface area contributed by atoms with Gasteiger partial charge in [-0.3, -0.25) is 15.0 Å². The standard InChI is InChI=1S/C15H19N3O2/c1-3-14(19)16-13-8-6-12(7-9-13)15(20)18-17-10(2)11-4-5-11/h6-9,11,17H,2-5H2,1H3,(H,16,19)(H,18,20). The molecule has 1 aromatic rings. The maximum atomic E-state index is 11.9. The number of benzene rings is 1. The third-order valence-corrected chi connectivity index (χ3v) is 3.16. The molecule has 0 radical (unpaired) electrons. The second-order valence-electron chi connectivity index (χ2n) is 4.86. The molecule has 0 bridgehead atoms. The minimum absolute atomic E-state index is 0.0513. The number of nitrogens with one attached hydrogen (secondary N) is 3. The van der Waals surface area contributed by atoms with Crippen LogP contribution in [-0.2, 0) is 4.79 Å². The molecule has 20 heavy (non-hydrogen) atoms. The van der Waals surface area contributed by atoms with Gasteiger partial charge in [0.25, 0.3) is 5.91 Å². The van der Waals surface area contributed by atoms with Gasteiger partial charge in [0.1, 0.15) is 0 Å². The van der Waals surface area contributed by atoms with Crippen molar-refractivity contribution in [3.63, 3.8) is 0 Å². The molecule has 1 fully saturated rings. The molecule has 3 N–H and O–H groups in total. The summed E-state index contributed by atoms with van der Waals surface area (Å²) in [7, 11) is 0. The molecule has 0 spiro atoms. The fraction of sp³-hybridized carbons (Fsp3) is 0.333. The molecular formula is C15H19N3O2. The van der Waals surface area contributed by atoms with Crippen LogP contribution in [0.3, 0.4) is 0 Å². The molecule has 1 saturated carbocycles. The zero-order chi connectivity index (χ0) is 14.5. The summed E-state index contributed by atoms with van der Waals surface area (Å²) < 4.78 is 0. The Morgan fingerprint density at radius 1 is 1.20 bits per heavy atom. The lowest BCUT2D eigenvalue weighted by Crippen LogP contribution is -2.36. The van der Waals surface area contributed by atoms with Gasteiger partial charge in [-0.25, -0.2) is 0 Å². The van der Waals surface area contributed by atoms with Crippen molar-refractivity contribution in [1.82, 2.24) is 10.9 Å². The summed E-state index contributed by atoms with van der Waals surface area (Å²) in [5.74, 6) is 0.215. The average molecular weight is 273 g/mol. The lowest BCUT2D eigenvalue weighted by molar-refractivity contribution is -0.115. The van der Waals surface area contributed by atoms with E-state index in [4.69, 9.17) is 0 Å². The smallest absolute Gasteiger partial charge is 0.269 e. The summed E-state index contributed by atoms with van der Waals surface area (Å²) in [4.78, 5) is 23.1. The van der Waals surface area contributed by atoms with E-state index in [9.17, 15) is 9.59 Å². The first-order valence-corrected chi connectivity index (χ1v) is 6.75. The molecule has 5 heteroatoms. The van der Waals surface area contributed by atoms with Gasteiger partial charge in [0.05, 0.1) is 0 Å². The lowest BCUT2D eigenvalue weighted by Gasteiger charge is -2.10. The van der Waals surface area contributed by atoms with Crippen LogP contribution >= 0.6 is 0 Å². The summed E-state index contributed by atoms with van der Waals surface area (Å²) >= 11 is 0. The highest BCUT2D eigenvalue weighted by atomic mass is 16.2. The molecule has 1 aromatic carbocycles. The van der Waals surface area contributed by atoms with Crippen molar-refractivity contribution >= 4 is 17.5 Å². The Labute approximate surface area is 118 Å². The Bertz CT molecular complexity index is 518. The van der Waals surface area contributed by atoms with Gasteiger partial charge in [-0.05, 0) is 43.0 Å². The molecule has 0 aromatic heterocycles. The Morgan fingerprint density at radius 2 is 1.85 bits per heavy atom. The molecule has 2 amide bonds. The number of carbonyl (C=O) groups is 2. The Balaban J connectivity index is 1.86. The van der Waals surface area contributed by atoms with E-state index in [-0.39, 0.29) is 11.8 Å². The molecule has 0 heterocycles. The van der Waals surface area contributed by atoms with Crippen molar-refractivity contribution < 1.29 is 9.59 Å². The van der Waals surface area contributed by atoms with Crippen LogP contribution in [0.2, 0.25) is 0 Å². The molecule has 0 unspecified atom stereocenters. The van der Waals surface area contributed by atoms with Crippen LogP contribution in [0.4, 0.5) is 5.69 Å². The predicted molar refractivity (Wildman–Crippen MR) is 77.8 cm³/mol. The van der Waals surface area contributed by atoms with Gasteiger partial charge in [0.2, 0.25) is 5.91 Å².